The van der Waals surface area contributed by atoms with Crippen molar-refractivity contribution in [2.75, 3.05) is 6.61 Å². The van der Waals surface area contributed by atoms with Gasteiger partial charge in [-0.1, -0.05) is 0 Å². The van der Waals surface area contributed by atoms with E-state index < -0.39 is 28.4 Å². The Morgan fingerprint density at radius 3 is 2.35 bits per heavy atom. The van der Waals surface area contributed by atoms with E-state index in [0.29, 0.717) is 25.2 Å². The lowest BCUT2D eigenvalue weighted by Gasteiger charge is -2.29. The van der Waals surface area contributed by atoms with E-state index in [1.165, 1.54) is 0 Å². The molecule has 0 spiro atoms. The molecule has 94 valence electrons. The lowest BCUT2D eigenvalue weighted by atomic mass is 9.92. The quantitative estimate of drug-likeness (QED) is 0.735. The Bertz CT molecular complexity index is 407. The Kier molecular flexibility index (Phi) is 3.36. The minimum atomic E-state index is -0.973. The number of benzene rings is 1. The van der Waals surface area contributed by atoms with E-state index in [2.05, 4.69) is 0 Å². The Balaban J connectivity index is 2.40. The van der Waals surface area contributed by atoms with Crippen molar-refractivity contribution in [1.29, 1.82) is 0 Å². The molecule has 0 bridgehead atoms. The monoisotopic (exact) mass is 264 g/mol. The molecule has 0 amide bonds. The van der Waals surface area contributed by atoms with Crippen molar-refractivity contribution in [2.45, 2.75) is 30.7 Å². The van der Waals surface area contributed by atoms with Gasteiger partial charge in [0.05, 0.1) is 11.0 Å². The summed E-state index contributed by atoms with van der Waals surface area (Å²) < 4.78 is 45.4. The van der Waals surface area contributed by atoms with Crippen molar-refractivity contribution in [2.24, 2.45) is 0 Å². The lowest BCUT2D eigenvalue weighted by molar-refractivity contribution is 0.0149. The van der Waals surface area contributed by atoms with Gasteiger partial charge in [-0.15, -0.1) is 11.6 Å². The van der Waals surface area contributed by atoms with Crippen LogP contribution in [0.25, 0.3) is 0 Å². The summed E-state index contributed by atoms with van der Waals surface area (Å²) in [6.45, 7) is 2.23. The van der Waals surface area contributed by atoms with Gasteiger partial charge in [-0.3, -0.25) is 0 Å². The number of hydrogen-bond donors (Lipinski definition) is 0. The van der Waals surface area contributed by atoms with E-state index >= 15 is 0 Å². The van der Waals surface area contributed by atoms with Crippen LogP contribution in [0.4, 0.5) is 13.2 Å². The van der Waals surface area contributed by atoms with E-state index in [0.717, 1.165) is 6.42 Å². The average molecular weight is 265 g/mol. The van der Waals surface area contributed by atoms with Crippen LogP contribution in [0, 0.1) is 17.5 Å². The predicted octanol–water partition coefficient (Wildman–Crippen LogP) is 3.95. The number of rotatable bonds is 2. The summed E-state index contributed by atoms with van der Waals surface area (Å²) in [7, 11) is 0. The van der Waals surface area contributed by atoms with E-state index in [4.69, 9.17) is 16.3 Å². The Hall–Kier alpha value is -0.740. The van der Waals surface area contributed by atoms with Crippen molar-refractivity contribution < 1.29 is 17.9 Å². The van der Waals surface area contributed by atoms with Crippen molar-refractivity contribution in [3.05, 3.63) is 35.1 Å². The van der Waals surface area contributed by atoms with E-state index in [1.807, 2.05) is 0 Å². The molecule has 0 aromatic heterocycles. The highest BCUT2D eigenvalue weighted by atomic mass is 35.5. The Labute approximate surface area is 103 Å². The highest BCUT2D eigenvalue weighted by molar-refractivity contribution is 6.21. The first-order valence-electron chi connectivity index (χ1n) is 5.36. The van der Waals surface area contributed by atoms with Crippen LogP contribution in [0.15, 0.2) is 12.1 Å². The fourth-order valence-electron chi connectivity index (χ4n) is 2.10. The minimum Gasteiger partial charge on any atom is -0.373 e. The van der Waals surface area contributed by atoms with Gasteiger partial charge in [0.25, 0.3) is 0 Å². The SMILES string of the molecule is CC1(C(Cl)c2c(F)cc(F)cc2F)CCCO1. The average Bonchev–Trinajstić information content (AvgIpc) is 2.64. The first kappa shape index (κ1) is 12.7. The molecule has 2 atom stereocenters. The molecule has 1 aliphatic heterocycles. The molecule has 1 nitrogen and oxygen atoms in total. The molecule has 1 aromatic carbocycles. The fraction of sp³-hybridized carbons (Fsp3) is 0.500. The molecule has 0 N–H and O–H groups in total. The summed E-state index contributed by atoms with van der Waals surface area (Å²) >= 11 is 6.09. The molecule has 0 aliphatic carbocycles. The van der Waals surface area contributed by atoms with Crippen LogP contribution in [0.1, 0.15) is 30.7 Å². The van der Waals surface area contributed by atoms with Crippen LogP contribution in [0.3, 0.4) is 0 Å². The van der Waals surface area contributed by atoms with Gasteiger partial charge >= 0.3 is 0 Å². The van der Waals surface area contributed by atoms with Crippen molar-refractivity contribution in [3.8, 4) is 0 Å². The van der Waals surface area contributed by atoms with E-state index in [-0.39, 0.29) is 5.56 Å². The molecule has 1 aromatic rings. The molecule has 5 heteroatoms. The second-order valence-corrected chi connectivity index (χ2v) is 4.85. The van der Waals surface area contributed by atoms with Crippen LogP contribution in [-0.4, -0.2) is 12.2 Å². The number of ether oxygens (including phenoxy) is 1. The third-order valence-corrected chi connectivity index (χ3v) is 3.76. The summed E-state index contributed by atoms with van der Waals surface area (Å²) in [4.78, 5) is 0. The topological polar surface area (TPSA) is 9.23 Å². The maximum absolute atomic E-state index is 13.6. The number of hydrogen-bond acceptors (Lipinski definition) is 1. The predicted molar refractivity (Wildman–Crippen MR) is 58.5 cm³/mol. The van der Waals surface area contributed by atoms with E-state index in [9.17, 15) is 13.2 Å². The summed E-state index contributed by atoms with van der Waals surface area (Å²) in [5.41, 5.74) is -1.13. The molecular formula is C12H12ClF3O. The zero-order valence-corrected chi connectivity index (χ0v) is 10.0. The Morgan fingerprint density at radius 2 is 1.88 bits per heavy atom. The first-order valence-corrected chi connectivity index (χ1v) is 5.80. The number of alkyl halides is 1. The van der Waals surface area contributed by atoms with Crippen LogP contribution >= 0.6 is 11.6 Å². The van der Waals surface area contributed by atoms with Gasteiger partial charge in [0.2, 0.25) is 0 Å². The third kappa shape index (κ3) is 2.29. The molecule has 1 heterocycles. The van der Waals surface area contributed by atoms with E-state index in [1.54, 1.807) is 6.92 Å². The molecule has 17 heavy (non-hydrogen) atoms. The van der Waals surface area contributed by atoms with Crippen LogP contribution in [0.5, 0.6) is 0 Å². The second-order valence-electron chi connectivity index (χ2n) is 4.41. The van der Waals surface area contributed by atoms with Gasteiger partial charge in [-0.2, -0.15) is 0 Å². The maximum Gasteiger partial charge on any atom is 0.133 e. The molecular weight excluding hydrogens is 253 g/mol. The number of halogens is 4. The Morgan fingerprint density at radius 1 is 1.29 bits per heavy atom. The van der Waals surface area contributed by atoms with Gasteiger partial charge in [0.15, 0.2) is 0 Å². The van der Waals surface area contributed by atoms with Crippen LogP contribution in [0.2, 0.25) is 0 Å². The second kappa shape index (κ2) is 4.50. The van der Waals surface area contributed by atoms with Crippen LogP contribution < -0.4 is 0 Å². The standard InChI is InChI=1S/C12H12ClF3O/c1-12(3-2-4-17-12)11(13)10-8(15)5-7(14)6-9(10)16/h5-6,11H,2-4H2,1H3. The molecule has 1 fully saturated rings. The van der Waals surface area contributed by atoms with Crippen LogP contribution in [-0.2, 0) is 4.74 Å². The minimum absolute atomic E-state index is 0.322. The largest absolute Gasteiger partial charge is 0.373 e. The van der Waals surface area contributed by atoms with Gasteiger partial charge in [0, 0.05) is 24.3 Å². The van der Waals surface area contributed by atoms with Gasteiger partial charge in [0.1, 0.15) is 17.5 Å². The molecule has 1 saturated heterocycles. The smallest absolute Gasteiger partial charge is 0.133 e. The fourth-order valence-corrected chi connectivity index (χ4v) is 2.48. The summed E-state index contributed by atoms with van der Waals surface area (Å²) in [5.74, 6) is -2.90. The molecule has 1 aliphatic rings. The van der Waals surface area contributed by atoms with Crippen molar-refractivity contribution in [1.82, 2.24) is 0 Å². The molecule has 2 unspecified atom stereocenters. The summed E-state index contributed by atoms with van der Waals surface area (Å²) in [6, 6.07) is 1.26. The zero-order chi connectivity index (χ0) is 12.6. The highest BCUT2D eigenvalue weighted by Crippen LogP contribution is 2.43. The zero-order valence-electron chi connectivity index (χ0n) is 9.27. The molecule has 0 radical (unpaired) electrons. The summed E-state index contributed by atoms with van der Waals surface area (Å²) in [5, 5.41) is -0.967. The highest BCUT2D eigenvalue weighted by Gasteiger charge is 2.40. The normalized spacial score (nSPS) is 26.2. The van der Waals surface area contributed by atoms with Gasteiger partial charge in [-0.05, 0) is 19.8 Å². The lowest BCUT2D eigenvalue weighted by Crippen LogP contribution is -2.30. The first-order chi connectivity index (χ1) is 7.94. The maximum atomic E-state index is 13.6. The van der Waals surface area contributed by atoms with Gasteiger partial charge < -0.3 is 4.74 Å². The molecule has 0 saturated carbocycles. The van der Waals surface area contributed by atoms with Crippen molar-refractivity contribution >= 4 is 11.6 Å². The van der Waals surface area contributed by atoms with Crippen molar-refractivity contribution in [3.63, 3.8) is 0 Å². The third-order valence-electron chi connectivity index (χ3n) is 3.08. The molecule has 2 rings (SSSR count). The summed E-state index contributed by atoms with van der Waals surface area (Å²) in [6.07, 6.45) is 1.42. The van der Waals surface area contributed by atoms with Gasteiger partial charge in [-0.25, -0.2) is 13.2 Å².